The molecule has 40 heavy (non-hydrogen) atoms. The van der Waals surface area contributed by atoms with Crippen LogP contribution in [0.3, 0.4) is 0 Å². The maximum Gasteiger partial charge on any atom is 0.160 e. The SMILES string of the molecule is COc1c(Cl)cccc1Nc1c(C#N)cnc2c(Cl)cc(NC(c3ccc(F)cc3)c3cn(C4CC4)nn3)cc12. The number of para-hydroxylation sites is 1. The number of nitriles is 1. The molecule has 11 heteroatoms. The maximum atomic E-state index is 13.8. The normalized spacial score (nSPS) is 13.6. The molecule has 0 spiro atoms. The molecule has 1 aliphatic rings. The third-order valence-corrected chi connectivity index (χ3v) is 7.32. The summed E-state index contributed by atoms with van der Waals surface area (Å²) in [4.78, 5) is 4.44. The quantitative estimate of drug-likeness (QED) is 0.199. The summed E-state index contributed by atoms with van der Waals surface area (Å²) in [6.45, 7) is 0. The molecule has 0 bridgehead atoms. The highest BCUT2D eigenvalue weighted by Crippen LogP contribution is 2.40. The maximum absolute atomic E-state index is 13.8. The number of benzene rings is 3. The standard InChI is InChI=1S/C29H22Cl2FN7O/c1-40-29-22(30)3-2-4-24(29)36-26-17(13-33)14-34-28-21(26)11-19(12-23(28)31)35-27(16-5-7-18(32)8-6-16)25-15-39(38-37-25)20-9-10-20/h2-8,11-12,14-15,20,27,35H,9-10H2,1H3,(H,34,36). The number of hydrogen-bond acceptors (Lipinski definition) is 7. The lowest BCUT2D eigenvalue weighted by Gasteiger charge is -2.20. The first kappa shape index (κ1) is 25.9. The van der Waals surface area contributed by atoms with Crippen molar-refractivity contribution in [2.75, 3.05) is 17.7 Å². The van der Waals surface area contributed by atoms with E-state index in [2.05, 4.69) is 32.0 Å². The van der Waals surface area contributed by atoms with Crippen molar-refractivity contribution in [3.8, 4) is 11.8 Å². The van der Waals surface area contributed by atoms with Crippen LogP contribution in [-0.4, -0.2) is 27.1 Å². The van der Waals surface area contributed by atoms with Crippen LogP contribution in [0.1, 0.15) is 41.7 Å². The van der Waals surface area contributed by atoms with Crippen LogP contribution in [0.15, 0.2) is 67.0 Å². The molecular formula is C29H22Cl2FN7O. The Morgan fingerprint density at radius 3 is 2.65 bits per heavy atom. The predicted molar refractivity (Wildman–Crippen MR) is 153 cm³/mol. The summed E-state index contributed by atoms with van der Waals surface area (Å²) in [7, 11) is 1.52. The van der Waals surface area contributed by atoms with Gasteiger partial charge in [-0.15, -0.1) is 5.10 Å². The fraction of sp³-hybridized carbons (Fsp3) is 0.172. The van der Waals surface area contributed by atoms with Gasteiger partial charge in [0.2, 0.25) is 0 Å². The topological polar surface area (TPSA) is 101 Å². The summed E-state index contributed by atoms with van der Waals surface area (Å²) in [5.41, 5.74) is 4.02. The van der Waals surface area contributed by atoms with Crippen molar-refractivity contribution in [2.24, 2.45) is 0 Å². The highest BCUT2D eigenvalue weighted by molar-refractivity contribution is 6.36. The smallest absolute Gasteiger partial charge is 0.160 e. The van der Waals surface area contributed by atoms with Gasteiger partial charge < -0.3 is 15.4 Å². The van der Waals surface area contributed by atoms with E-state index in [9.17, 15) is 9.65 Å². The van der Waals surface area contributed by atoms with Gasteiger partial charge in [-0.2, -0.15) is 5.26 Å². The number of halogens is 3. The van der Waals surface area contributed by atoms with E-state index < -0.39 is 6.04 Å². The lowest BCUT2D eigenvalue weighted by molar-refractivity contribution is 0.417. The van der Waals surface area contributed by atoms with Gasteiger partial charge in [0.15, 0.2) is 5.75 Å². The summed E-state index contributed by atoms with van der Waals surface area (Å²) in [5, 5.41) is 26.8. The van der Waals surface area contributed by atoms with Gasteiger partial charge in [0, 0.05) is 17.3 Å². The number of anilines is 3. The van der Waals surface area contributed by atoms with Crippen molar-refractivity contribution in [3.63, 3.8) is 0 Å². The molecule has 1 saturated carbocycles. The first-order valence-electron chi connectivity index (χ1n) is 12.5. The Morgan fingerprint density at radius 1 is 1.12 bits per heavy atom. The lowest BCUT2D eigenvalue weighted by atomic mass is 10.0. The second-order valence-corrected chi connectivity index (χ2v) is 10.3. The second kappa shape index (κ2) is 10.6. The molecule has 6 rings (SSSR count). The molecule has 0 amide bonds. The highest BCUT2D eigenvalue weighted by Gasteiger charge is 2.27. The van der Waals surface area contributed by atoms with Crippen LogP contribution in [0.25, 0.3) is 10.9 Å². The Balaban J connectivity index is 1.45. The third kappa shape index (κ3) is 4.99. The Kier molecular flexibility index (Phi) is 6.88. The van der Waals surface area contributed by atoms with Crippen LogP contribution in [-0.2, 0) is 0 Å². The van der Waals surface area contributed by atoms with E-state index >= 15 is 0 Å². The van der Waals surface area contributed by atoms with Gasteiger partial charge in [-0.25, -0.2) is 9.07 Å². The molecular weight excluding hydrogens is 552 g/mol. The number of nitrogens with zero attached hydrogens (tertiary/aromatic N) is 5. The summed E-state index contributed by atoms with van der Waals surface area (Å²) in [6, 6.07) is 17.3. The first-order chi connectivity index (χ1) is 19.4. The van der Waals surface area contributed by atoms with Crippen molar-refractivity contribution in [1.29, 1.82) is 5.26 Å². The van der Waals surface area contributed by atoms with Gasteiger partial charge in [0.1, 0.15) is 17.6 Å². The fourth-order valence-corrected chi connectivity index (χ4v) is 5.12. The van der Waals surface area contributed by atoms with Crippen molar-refractivity contribution in [3.05, 3.63) is 99.7 Å². The minimum absolute atomic E-state index is 0.310. The fourth-order valence-electron chi connectivity index (χ4n) is 4.60. The van der Waals surface area contributed by atoms with Crippen LogP contribution >= 0.6 is 23.2 Å². The number of pyridine rings is 1. The average Bonchev–Trinajstić information content (AvgIpc) is 3.69. The number of ether oxygens (including phenoxy) is 1. The highest BCUT2D eigenvalue weighted by atomic mass is 35.5. The number of rotatable bonds is 8. The predicted octanol–water partition coefficient (Wildman–Crippen LogP) is 7.43. The molecule has 0 saturated heterocycles. The van der Waals surface area contributed by atoms with Gasteiger partial charge >= 0.3 is 0 Å². The van der Waals surface area contributed by atoms with Crippen LogP contribution in [0.4, 0.5) is 21.5 Å². The molecule has 2 heterocycles. The zero-order chi connectivity index (χ0) is 27.8. The Morgan fingerprint density at radius 2 is 1.93 bits per heavy atom. The Labute approximate surface area is 239 Å². The number of methoxy groups -OCH3 is 1. The molecule has 5 aromatic rings. The first-order valence-corrected chi connectivity index (χ1v) is 13.3. The van der Waals surface area contributed by atoms with Gasteiger partial charge in [-0.05, 0) is 54.8 Å². The number of hydrogen-bond donors (Lipinski definition) is 2. The zero-order valence-electron chi connectivity index (χ0n) is 21.2. The zero-order valence-corrected chi connectivity index (χ0v) is 22.7. The number of fused-ring (bicyclic) bond motifs is 1. The number of aromatic nitrogens is 4. The molecule has 200 valence electrons. The van der Waals surface area contributed by atoms with Crippen LogP contribution in [0.2, 0.25) is 10.0 Å². The molecule has 1 aliphatic carbocycles. The van der Waals surface area contributed by atoms with Gasteiger partial charge in [0.05, 0.1) is 57.9 Å². The van der Waals surface area contributed by atoms with Gasteiger partial charge in [0.25, 0.3) is 0 Å². The third-order valence-electron chi connectivity index (χ3n) is 6.74. The Hall–Kier alpha value is -4.39. The largest absolute Gasteiger partial charge is 0.493 e. The minimum Gasteiger partial charge on any atom is -0.493 e. The van der Waals surface area contributed by atoms with Crippen molar-refractivity contribution < 1.29 is 9.13 Å². The van der Waals surface area contributed by atoms with E-state index in [-0.39, 0.29) is 5.82 Å². The van der Waals surface area contributed by atoms with E-state index in [1.807, 2.05) is 16.9 Å². The molecule has 8 nitrogen and oxygen atoms in total. The monoisotopic (exact) mass is 573 g/mol. The van der Waals surface area contributed by atoms with Gasteiger partial charge in [-0.1, -0.05) is 46.6 Å². The van der Waals surface area contributed by atoms with E-state index in [4.69, 9.17) is 27.9 Å². The second-order valence-electron chi connectivity index (χ2n) is 9.44. The van der Waals surface area contributed by atoms with Crippen LogP contribution in [0, 0.1) is 17.1 Å². The average molecular weight is 574 g/mol. The van der Waals surface area contributed by atoms with Crippen molar-refractivity contribution >= 4 is 51.2 Å². The van der Waals surface area contributed by atoms with Gasteiger partial charge in [-0.3, -0.25) is 4.98 Å². The molecule has 2 N–H and O–H groups in total. The van der Waals surface area contributed by atoms with E-state index in [1.54, 1.807) is 36.4 Å². The van der Waals surface area contributed by atoms with Crippen molar-refractivity contribution in [1.82, 2.24) is 20.0 Å². The molecule has 0 radical (unpaired) electrons. The van der Waals surface area contributed by atoms with Crippen LogP contribution in [0.5, 0.6) is 5.75 Å². The molecule has 3 aromatic carbocycles. The summed E-state index contributed by atoms with van der Waals surface area (Å²) in [5.74, 6) is 0.105. The van der Waals surface area contributed by atoms with Crippen molar-refractivity contribution in [2.45, 2.75) is 24.9 Å². The summed E-state index contributed by atoms with van der Waals surface area (Å²) < 4.78 is 21.1. The Bertz CT molecular complexity index is 1760. The van der Waals surface area contributed by atoms with E-state index in [0.29, 0.717) is 61.1 Å². The lowest BCUT2D eigenvalue weighted by Crippen LogP contribution is -2.13. The molecule has 1 atom stereocenters. The van der Waals surface area contributed by atoms with Crippen LogP contribution < -0.4 is 15.4 Å². The molecule has 1 fully saturated rings. The number of nitrogens with one attached hydrogen (secondary N) is 2. The van der Waals surface area contributed by atoms with E-state index in [0.717, 1.165) is 18.4 Å². The summed E-state index contributed by atoms with van der Waals surface area (Å²) >= 11 is 13.1. The molecule has 0 aliphatic heterocycles. The molecule has 1 unspecified atom stereocenters. The minimum atomic E-state index is -0.446. The van der Waals surface area contributed by atoms with E-state index in [1.165, 1.54) is 25.4 Å². The molecule has 2 aromatic heterocycles. The summed E-state index contributed by atoms with van der Waals surface area (Å²) in [6.07, 6.45) is 5.52.